The predicted octanol–water partition coefficient (Wildman–Crippen LogP) is 0.834. The predicted molar refractivity (Wildman–Crippen MR) is 54.7 cm³/mol. The van der Waals surface area contributed by atoms with E-state index < -0.39 is 0 Å². The molecule has 2 N–H and O–H groups in total. The first-order chi connectivity index (χ1) is 6.03. The molecule has 1 fully saturated rings. The van der Waals surface area contributed by atoms with Crippen molar-refractivity contribution in [2.45, 2.75) is 38.4 Å². The van der Waals surface area contributed by atoms with E-state index in [2.05, 4.69) is 25.8 Å². The van der Waals surface area contributed by atoms with Crippen molar-refractivity contribution < 1.29 is 4.74 Å². The molecule has 0 radical (unpaired) electrons. The van der Waals surface area contributed by atoms with Gasteiger partial charge in [-0.15, -0.1) is 0 Å². The fraction of sp³-hybridized carbons (Fsp3) is 1.00. The van der Waals surface area contributed by atoms with E-state index in [-0.39, 0.29) is 5.60 Å². The maximum atomic E-state index is 5.88. The molecule has 1 rings (SSSR count). The van der Waals surface area contributed by atoms with Gasteiger partial charge in [-0.2, -0.15) is 0 Å². The van der Waals surface area contributed by atoms with E-state index in [9.17, 15) is 0 Å². The van der Waals surface area contributed by atoms with Crippen LogP contribution in [0.5, 0.6) is 0 Å². The summed E-state index contributed by atoms with van der Waals surface area (Å²) in [4.78, 5) is 2.24. The molecule has 78 valence electrons. The van der Waals surface area contributed by atoms with Gasteiger partial charge < -0.3 is 15.4 Å². The molecule has 0 aromatic rings. The van der Waals surface area contributed by atoms with Gasteiger partial charge in [0.1, 0.15) is 0 Å². The molecule has 1 unspecified atom stereocenters. The molecule has 1 saturated heterocycles. The largest absolute Gasteiger partial charge is 0.371 e. The Morgan fingerprint density at radius 1 is 1.54 bits per heavy atom. The van der Waals surface area contributed by atoms with Crippen LogP contribution in [0.1, 0.15) is 26.7 Å². The number of likely N-dealkylation sites (N-methyl/N-ethyl adjacent to an activating group) is 1. The molecule has 0 aromatic heterocycles. The average Bonchev–Trinajstić information content (AvgIpc) is 2.30. The van der Waals surface area contributed by atoms with E-state index in [4.69, 9.17) is 10.5 Å². The molecule has 3 nitrogen and oxygen atoms in total. The molecule has 1 aliphatic heterocycles. The quantitative estimate of drug-likeness (QED) is 0.707. The first-order valence-corrected chi connectivity index (χ1v) is 5.10. The highest BCUT2D eigenvalue weighted by molar-refractivity contribution is 4.82. The van der Waals surface area contributed by atoms with E-state index >= 15 is 0 Å². The van der Waals surface area contributed by atoms with Crippen LogP contribution in [0.4, 0.5) is 0 Å². The Labute approximate surface area is 81.2 Å². The number of ether oxygens (including phenoxy) is 1. The van der Waals surface area contributed by atoms with Gasteiger partial charge >= 0.3 is 0 Å². The van der Waals surface area contributed by atoms with E-state index in [0.29, 0.717) is 6.10 Å². The molecule has 1 atom stereocenters. The van der Waals surface area contributed by atoms with Crippen LogP contribution >= 0.6 is 0 Å². The second-order valence-corrected chi connectivity index (χ2v) is 4.59. The minimum atomic E-state index is 0.0915. The third-order valence-corrected chi connectivity index (χ3v) is 2.58. The lowest BCUT2D eigenvalue weighted by molar-refractivity contribution is -0.0256. The summed E-state index contributed by atoms with van der Waals surface area (Å²) in [6, 6.07) is 0. The maximum Gasteiger partial charge on any atom is 0.0710 e. The molecule has 1 heterocycles. The van der Waals surface area contributed by atoms with Crippen molar-refractivity contribution in [3.63, 3.8) is 0 Å². The van der Waals surface area contributed by atoms with Crippen molar-refractivity contribution >= 4 is 0 Å². The second kappa shape index (κ2) is 4.40. The zero-order valence-electron chi connectivity index (χ0n) is 9.05. The molecule has 1 aliphatic rings. The van der Waals surface area contributed by atoms with Crippen LogP contribution in [-0.2, 0) is 4.74 Å². The molecule has 0 spiro atoms. The lowest BCUT2D eigenvalue weighted by Crippen LogP contribution is -2.34. The summed E-state index contributed by atoms with van der Waals surface area (Å²) in [6.07, 6.45) is 2.77. The van der Waals surface area contributed by atoms with Crippen molar-refractivity contribution in [1.82, 2.24) is 4.90 Å². The Morgan fingerprint density at radius 2 is 2.23 bits per heavy atom. The Hall–Kier alpha value is -0.120. The van der Waals surface area contributed by atoms with Gasteiger partial charge in [-0.1, -0.05) is 0 Å². The summed E-state index contributed by atoms with van der Waals surface area (Å²) in [5, 5.41) is 0. The summed E-state index contributed by atoms with van der Waals surface area (Å²) in [7, 11) is 2.10. The second-order valence-electron chi connectivity index (χ2n) is 4.59. The molecule has 0 amide bonds. The molecule has 0 bridgehead atoms. The SMILES string of the molecule is CN(CCN)CC1CCC(C)(C)O1. The van der Waals surface area contributed by atoms with Gasteiger partial charge in [0, 0.05) is 19.6 Å². The van der Waals surface area contributed by atoms with E-state index in [1.807, 2.05) is 0 Å². The van der Waals surface area contributed by atoms with Gasteiger partial charge in [0.05, 0.1) is 11.7 Å². The van der Waals surface area contributed by atoms with Crippen molar-refractivity contribution in [3.05, 3.63) is 0 Å². The molecule has 0 aliphatic carbocycles. The Kier molecular flexibility index (Phi) is 3.71. The summed E-state index contributed by atoms with van der Waals surface area (Å²) >= 11 is 0. The summed E-state index contributed by atoms with van der Waals surface area (Å²) in [5.74, 6) is 0. The highest BCUT2D eigenvalue weighted by Crippen LogP contribution is 2.29. The van der Waals surface area contributed by atoms with Gasteiger partial charge in [-0.05, 0) is 33.7 Å². The van der Waals surface area contributed by atoms with E-state index in [0.717, 1.165) is 19.6 Å². The standard InChI is InChI=1S/C10H22N2O/c1-10(2)5-4-9(13-10)8-12(3)7-6-11/h9H,4-8,11H2,1-3H3. The van der Waals surface area contributed by atoms with Crippen molar-refractivity contribution in [2.24, 2.45) is 5.73 Å². The van der Waals surface area contributed by atoms with Crippen molar-refractivity contribution in [3.8, 4) is 0 Å². The molecule has 3 heteroatoms. The van der Waals surface area contributed by atoms with Crippen molar-refractivity contribution in [1.29, 1.82) is 0 Å². The smallest absolute Gasteiger partial charge is 0.0710 e. The maximum absolute atomic E-state index is 5.88. The monoisotopic (exact) mass is 186 g/mol. The van der Waals surface area contributed by atoms with Crippen LogP contribution in [0.3, 0.4) is 0 Å². The minimum Gasteiger partial charge on any atom is -0.371 e. The third-order valence-electron chi connectivity index (χ3n) is 2.58. The Bertz CT molecular complexity index is 159. The number of rotatable bonds is 4. The van der Waals surface area contributed by atoms with Gasteiger partial charge in [-0.25, -0.2) is 0 Å². The van der Waals surface area contributed by atoms with Gasteiger partial charge in [0.15, 0.2) is 0 Å². The first-order valence-electron chi connectivity index (χ1n) is 5.10. The fourth-order valence-electron chi connectivity index (χ4n) is 1.87. The normalized spacial score (nSPS) is 27.0. The highest BCUT2D eigenvalue weighted by atomic mass is 16.5. The van der Waals surface area contributed by atoms with E-state index in [1.165, 1.54) is 12.8 Å². The van der Waals surface area contributed by atoms with Crippen LogP contribution in [0, 0.1) is 0 Å². The Morgan fingerprint density at radius 3 is 2.69 bits per heavy atom. The minimum absolute atomic E-state index is 0.0915. The zero-order valence-corrected chi connectivity index (χ0v) is 9.05. The molecular formula is C10H22N2O. The summed E-state index contributed by atoms with van der Waals surface area (Å²) in [6.45, 7) is 7.03. The molecule has 13 heavy (non-hydrogen) atoms. The van der Waals surface area contributed by atoms with Gasteiger partial charge in [0.2, 0.25) is 0 Å². The summed E-state index contributed by atoms with van der Waals surface area (Å²) in [5.41, 5.74) is 5.57. The molecular weight excluding hydrogens is 164 g/mol. The number of nitrogens with zero attached hydrogens (tertiary/aromatic N) is 1. The zero-order chi connectivity index (χ0) is 9.90. The van der Waals surface area contributed by atoms with Crippen molar-refractivity contribution in [2.75, 3.05) is 26.7 Å². The number of hydrogen-bond donors (Lipinski definition) is 1. The fourth-order valence-corrected chi connectivity index (χ4v) is 1.87. The van der Waals surface area contributed by atoms with Crippen LogP contribution in [0.25, 0.3) is 0 Å². The topological polar surface area (TPSA) is 38.5 Å². The van der Waals surface area contributed by atoms with Gasteiger partial charge in [-0.3, -0.25) is 0 Å². The number of nitrogens with two attached hydrogens (primary N) is 1. The highest BCUT2D eigenvalue weighted by Gasteiger charge is 2.31. The van der Waals surface area contributed by atoms with Crippen LogP contribution in [-0.4, -0.2) is 43.3 Å². The number of hydrogen-bond acceptors (Lipinski definition) is 3. The lowest BCUT2D eigenvalue weighted by Gasteiger charge is -2.23. The Balaban J connectivity index is 2.24. The first kappa shape index (κ1) is 11.0. The van der Waals surface area contributed by atoms with Crippen LogP contribution in [0.2, 0.25) is 0 Å². The average molecular weight is 186 g/mol. The summed E-state index contributed by atoms with van der Waals surface area (Å²) < 4.78 is 5.88. The molecule has 0 saturated carbocycles. The lowest BCUT2D eigenvalue weighted by atomic mass is 10.1. The third kappa shape index (κ3) is 3.63. The van der Waals surface area contributed by atoms with Crippen LogP contribution in [0.15, 0.2) is 0 Å². The van der Waals surface area contributed by atoms with Gasteiger partial charge in [0.25, 0.3) is 0 Å². The molecule has 0 aromatic carbocycles. The van der Waals surface area contributed by atoms with E-state index in [1.54, 1.807) is 0 Å². The van der Waals surface area contributed by atoms with Crippen LogP contribution < -0.4 is 5.73 Å².